The molecule has 1 aromatic carbocycles. The summed E-state index contributed by atoms with van der Waals surface area (Å²) in [5.41, 5.74) is -0.343. The molecule has 0 aromatic heterocycles. The highest BCUT2D eigenvalue weighted by Gasteiger charge is 2.27. The molecule has 0 radical (unpaired) electrons. The van der Waals surface area contributed by atoms with Crippen molar-refractivity contribution in [2.75, 3.05) is 13.6 Å². The first-order valence-corrected chi connectivity index (χ1v) is 7.17. The van der Waals surface area contributed by atoms with Crippen LogP contribution in [0.5, 0.6) is 0 Å². The normalized spacial score (nSPS) is 12.2. The quantitative estimate of drug-likeness (QED) is 0.900. The van der Waals surface area contributed by atoms with E-state index in [9.17, 15) is 22.0 Å². The van der Waals surface area contributed by atoms with Gasteiger partial charge in [0, 0.05) is 12.1 Å². The largest absolute Gasteiger partial charge is 0.478 e. The zero-order valence-electron chi connectivity index (χ0n) is 10.6. The smallest absolute Gasteiger partial charge is 0.336 e. The molecule has 0 fully saturated rings. The molecule has 0 saturated heterocycles. The van der Waals surface area contributed by atoms with Gasteiger partial charge in [0.25, 0.3) is 6.43 Å². The molecule has 1 aromatic rings. The summed E-state index contributed by atoms with van der Waals surface area (Å²) in [4.78, 5) is 10.6. The Bertz CT molecular complexity index is 634. The lowest BCUT2D eigenvalue weighted by Crippen LogP contribution is -2.32. The number of hydrogen-bond acceptors (Lipinski definition) is 3. The van der Waals surface area contributed by atoms with Crippen LogP contribution in [0.4, 0.5) is 8.78 Å². The number of alkyl halides is 2. The summed E-state index contributed by atoms with van der Waals surface area (Å²) in [5, 5.41) is 8.88. The molecule has 112 valence electrons. The number of benzene rings is 1. The van der Waals surface area contributed by atoms with Gasteiger partial charge in [0.05, 0.1) is 17.0 Å². The Kier molecular flexibility index (Phi) is 5.06. The van der Waals surface area contributed by atoms with Crippen LogP contribution in [0.3, 0.4) is 0 Å². The first-order chi connectivity index (χ1) is 9.07. The van der Waals surface area contributed by atoms with Gasteiger partial charge in [-0.3, -0.25) is 0 Å². The summed E-state index contributed by atoms with van der Waals surface area (Å²) in [6.07, 6.45) is -2.84. The average molecular weight is 328 g/mol. The highest BCUT2D eigenvalue weighted by molar-refractivity contribution is 7.89. The Morgan fingerprint density at radius 1 is 1.45 bits per heavy atom. The van der Waals surface area contributed by atoms with Crippen molar-refractivity contribution in [3.63, 3.8) is 0 Å². The minimum Gasteiger partial charge on any atom is -0.478 e. The van der Waals surface area contributed by atoms with E-state index in [4.69, 9.17) is 16.7 Å². The summed E-state index contributed by atoms with van der Waals surface area (Å²) in [5.74, 6) is -1.35. The molecule has 0 aliphatic heterocycles. The van der Waals surface area contributed by atoms with Gasteiger partial charge in [0.1, 0.15) is 0 Å². The average Bonchev–Trinajstić information content (AvgIpc) is 2.30. The van der Waals surface area contributed by atoms with Gasteiger partial charge in [0.2, 0.25) is 10.0 Å². The van der Waals surface area contributed by atoms with Crippen LogP contribution in [0, 0.1) is 6.92 Å². The first-order valence-electron chi connectivity index (χ1n) is 5.35. The standard InChI is InChI=1S/C11H12ClF2NO4S/c1-6-8(11(16)17)3-7(12)4-9(6)20(18,19)15(2)5-10(13)14/h3-4,10H,5H2,1-2H3,(H,16,17). The highest BCUT2D eigenvalue weighted by atomic mass is 35.5. The van der Waals surface area contributed by atoms with Gasteiger partial charge in [-0.25, -0.2) is 22.0 Å². The predicted octanol–water partition coefficient (Wildman–Crippen LogP) is 2.23. The molecule has 0 spiro atoms. The zero-order chi connectivity index (χ0) is 15.7. The molecular formula is C11H12ClF2NO4S. The molecule has 0 aliphatic carbocycles. The minimum atomic E-state index is -4.24. The van der Waals surface area contributed by atoms with Crippen molar-refractivity contribution in [1.82, 2.24) is 4.31 Å². The molecule has 20 heavy (non-hydrogen) atoms. The van der Waals surface area contributed by atoms with Crippen LogP contribution in [-0.2, 0) is 10.0 Å². The Hall–Kier alpha value is -1.25. The van der Waals surface area contributed by atoms with Crippen molar-refractivity contribution in [2.24, 2.45) is 0 Å². The molecule has 0 unspecified atom stereocenters. The van der Waals surface area contributed by atoms with Crippen LogP contribution in [-0.4, -0.2) is 43.8 Å². The summed E-state index contributed by atoms with van der Waals surface area (Å²) < 4.78 is 49.4. The van der Waals surface area contributed by atoms with E-state index in [0.717, 1.165) is 19.2 Å². The fourth-order valence-electron chi connectivity index (χ4n) is 1.60. The van der Waals surface area contributed by atoms with Crippen LogP contribution in [0.1, 0.15) is 15.9 Å². The molecule has 0 heterocycles. The van der Waals surface area contributed by atoms with Crippen molar-refractivity contribution in [3.05, 3.63) is 28.3 Å². The van der Waals surface area contributed by atoms with Gasteiger partial charge in [0.15, 0.2) is 0 Å². The molecule has 5 nitrogen and oxygen atoms in total. The van der Waals surface area contributed by atoms with Gasteiger partial charge in [-0.2, -0.15) is 4.31 Å². The van der Waals surface area contributed by atoms with Gasteiger partial charge >= 0.3 is 5.97 Å². The number of carboxylic acid groups (broad SMARTS) is 1. The van der Waals surface area contributed by atoms with E-state index in [1.54, 1.807) is 0 Å². The number of halogens is 3. The third kappa shape index (κ3) is 3.44. The maximum Gasteiger partial charge on any atom is 0.336 e. The number of nitrogens with zero attached hydrogens (tertiary/aromatic N) is 1. The monoisotopic (exact) mass is 327 g/mol. The lowest BCUT2D eigenvalue weighted by Gasteiger charge is -2.19. The van der Waals surface area contributed by atoms with Gasteiger partial charge in [-0.1, -0.05) is 11.6 Å². The summed E-state index contributed by atoms with van der Waals surface area (Å²) >= 11 is 5.69. The number of rotatable bonds is 5. The number of sulfonamides is 1. The Morgan fingerprint density at radius 3 is 2.45 bits per heavy atom. The third-order valence-corrected chi connectivity index (χ3v) is 4.81. The Balaban J connectivity index is 3.43. The summed E-state index contributed by atoms with van der Waals surface area (Å²) in [6.45, 7) is 0.291. The number of aromatic carboxylic acids is 1. The van der Waals surface area contributed by atoms with Crippen molar-refractivity contribution >= 4 is 27.6 Å². The number of carboxylic acids is 1. The SMILES string of the molecule is Cc1c(C(=O)O)cc(Cl)cc1S(=O)(=O)N(C)CC(F)F. The fourth-order valence-corrected chi connectivity index (χ4v) is 3.30. The van der Waals surface area contributed by atoms with E-state index in [1.807, 2.05) is 0 Å². The molecule has 1 N–H and O–H groups in total. The van der Waals surface area contributed by atoms with Crippen molar-refractivity contribution in [1.29, 1.82) is 0 Å². The molecule has 9 heteroatoms. The second-order valence-electron chi connectivity index (χ2n) is 4.06. The van der Waals surface area contributed by atoms with Crippen LogP contribution >= 0.6 is 11.6 Å². The van der Waals surface area contributed by atoms with Gasteiger partial charge < -0.3 is 5.11 Å². The second-order valence-corrected chi connectivity index (χ2v) is 6.51. The molecule has 0 atom stereocenters. The van der Waals surface area contributed by atoms with Crippen molar-refractivity contribution in [2.45, 2.75) is 18.2 Å². The molecule has 1 rings (SSSR count). The van der Waals surface area contributed by atoms with Crippen LogP contribution in [0.15, 0.2) is 17.0 Å². The molecule has 0 amide bonds. The number of hydrogen-bond donors (Lipinski definition) is 1. The van der Waals surface area contributed by atoms with Gasteiger partial charge in [-0.15, -0.1) is 0 Å². The number of carbonyl (C=O) groups is 1. The van der Waals surface area contributed by atoms with Crippen LogP contribution < -0.4 is 0 Å². The third-order valence-electron chi connectivity index (χ3n) is 2.64. The predicted molar refractivity (Wildman–Crippen MR) is 69.0 cm³/mol. The summed E-state index contributed by atoms with van der Waals surface area (Å²) in [7, 11) is -3.25. The van der Waals surface area contributed by atoms with Crippen LogP contribution in [0.2, 0.25) is 5.02 Å². The molecule has 0 bridgehead atoms. The highest BCUT2D eigenvalue weighted by Crippen LogP contribution is 2.26. The van der Waals surface area contributed by atoms with Crippen molar-refractivity contribution in [3.8, 4) is 0 Å². The van der Waals surface area contributed by atoms with E-state index in [0.29, 0.717) is 4.31 Å². The van der Waals surface area contributed by atoms with Crippen molar-refractivity contribution < 1.29 is 27.1 Å². The molecule has 0 aliphatic rings. The fraction of sp³-hybridized carbons (Fsp3) is 0.364. The van der Waals surface area contributed by atoms with Crippen LogP contribution in [0.25, 0.3) is 0 Å². The lowest BCUT2D eigenvalue weighted by atomic mass is 10.1. The van der Waals surface area contributed by atoms with E-state index >= 15 is 0 Å². The minimum absolute atomic E-state index is 0.0528. The lowest BCUT2D eigenvalue weighted by molar-refractivity contribution is 0.0695. The Morgan fingerprint density at radius 2 is 2.00 bits per heavy atom. The summed E-state index contributed by atoms with van der Waals surface area (Å²) in [6, 6.07) is 2.14. The molecule has 0 saturated carbocycles. The van der Waals surface area contributed by atoms with E-state index in [-0.39, 0.29) is 16.1 Å². The van der Waals surface area contributed by atoms with E-state index in [2.05, 4.69) is 0 Å². The van der Waals surface area contributed by atoms with E-state index in [1.165, 1.54) is 6.92 Å². The maximum absolute atomic E-state index is 12.3. The van der Waals surface area contributed by atoms with Gasteiger partial charge in [-0.05, 0) is 24.6 Å². The Labute approximate surface area is 119 Å². The maximum atomic E-state index is 12.3. The second kappa shape index (κ2) is 6.02. The van der Waals surface area contributed by atoms with E-state index < -0.39 is 33.9 Å². The topological polar surface area (TPSA) is 74.7 Å². The molecular weight excluding hydrogens is 316 g/mol. The zero-order valence-corrected chi connectivity index (χ0v) is 12.2. The first kappa shape index (κ1) is 16.8.